The van der Waals surface area contributed by atoms with Gasteiger partial charge in [0.2, 0.25) is 0 Å². The lowest BCUT2D eigenvalue weighted by Crippen LogP contribution is -2.30. The number of halogens is 2. The van der Waals surface area contributed by atoms with E-state index < -0.39 is 0 Å². The Morgan fingerprint density at radius 1 is 1.39 bits per heavy atom. The highest BCUT2D eigenvalue weighted by Gasteiger charge is 2.06. The van der Waals surface area contributed by atoms with Gasteiger partial charge >= 0.3 is 0 Å². The Balaban J connectivity index is 1.79. The third kappa shape index (κ3) is 4.99. The average Bonchev–Trinajstić information content (AvgIpc) is 2.84. The first-order valence-electron chi connectivity index (χ1n) is 7.07. The fourth-order valence-electron chi connectivity index (χ4n) is 2.02. The maximum Gasteiger partial charge on any atom is 0.170 e. The molecular formula is C15H18Cl2N4OS. The molecule has 0 saturated carbocycles. The van der Waals surface area contributed by atoms with Crippen molar-refractivity contribution in [1.29, 1.82) is 0 Å². The van der Waals surface area contributed by atoms with E-state index in [0.29, 0.717) is 27.5 Å². The Bertz CT molecular complexity index is 690. The first-order valence-corrected chi connectivity index (χ1v) is 8.24. The molecule has 1 heterocycles. The van der Waals surface area contributed by atoms with Gasteiger partial charge in [-0.05, 0) is 43.8 Å². The van der Waals surface area contributed by atoms with Gasteiger partial charge in [0, 0.05) is 18.1 Å². The van der Waals surface area contributed by atoms with Crippen LogP contribution in [0.4, 0.5) is 5.69 Å². The second-order valence-corrected chi connectivity index (χ2v) is 6.13. The molecule has 1 aromatic heterocycles. The van der Waals surface area contributed by atoms with E-state index >= 15 is 0 Å². The smallest absolute Gasteiger partial charge is 0.170 e. The first-order chi connectivity index (χ1) is 11.0. The molecule has 1 aromatic carbocycles. The quantitative estimate of drug-likeness (QED) is 0.595. The van der Waals surface area contributed by atoms with E-state index in [9.17, 15) is 0 Å². The number of ether oxygens (including phenoxy) is 1. The van der Waals surface area contributed by atoms with E-state index in [4.69, 9.17) is 40.2 Å². The molecule has 8 heteroatoms. The number of nitrogens with zero attached hydrogens (tertiary/aromatic N) is 2. The second-order valence-electron chi connectivity index (χ2n) is 4.88. The van der Waals surface area contributed by atoms with Gasteiger partial charge in [0.15, 0.2) is 5.11 Å². The largest absolute Gasteiger partial charge is 0.495 e. The van der Waals surface area contributed by atoms with E-state index in [2.05, 4.69) is 15.7 Å². The summed E-state index contributed by atoms with van der Waals surface area (Å²) in [6.45, 7) is 3.43. The summed E-state index contributed by atoms with van der Waals surface area (Å²) in [7, 11) is 1.60. The third-order valence-corrected chi connectivity index (χ3v) is 4.14. The minimum absolute atomic E-state index is 0.515. The van der Waals surface area contributed by atoms with Gasteiger partial charge in [-0.2, -0.15) is 5.10 Å². The minimum Gasteiger partial charge on any atom is -0.495 e. The van der Waals surface area contributed by atoms with E-state index in [1.165, 1.54) is 0 Å². The van der Waals surface area contributed by atoms with E-state index in [1.54, 1.807) is 31.5 Å². The number of hydrogen-bond acceptors (Lipinski definition) is 3. The van der Waals surface area contributed by atoms with Gasteiger partial charge in [0.1, 0.15) is 5.75 Å². The predicted octanol–water partition coefficient (Wildman–Crippen LogP) is 3.88. The Kier molecular flexibility index (Phi) is 6.50. The predicted molar refractivity (Wildman–Crippen MR) is 98.8 cm³/mol. The molecule has 0 aliphatic rings. The molecule has 2 rings (SSSR count). The molecule has 0 unspecified atom stereocenters. The zero-order valence-electron chi connectivity index (χ0n) is 12.9. The Labute approximate surface area is 150 Å². The lowest BCUT2D eigenvalue weighted by Gasteiger charge is -2.14. The second kappa shape index (κ2) is 8.38. The van der Waals surface area contributed by atoms with Crippen molar-refractivity contribution in [3.63, 3.8) is 0 Å². The zero-order chi connectivity index (χ0) is 16.8. The van der Waals surface area contributed by atoms with Crippen LogP contribution in [-0.4, -0.2) is 28.5 Å². The highest BCUT2D eigenvalue weighted by atomic mass is 35.5. The van der Waals surface area contributed by atoms with Crippen LogP contribution in [0.15, 0.2) is 24.4 Å². The number of nitrogens with one attached hydrogen (secondary N) is 2. The van der Waals surface area contributed by atoms with Crippen LogP contribution in [0.25, 0.3) is 0 Å². The molecule has 0 saturated heterocycles. The molecule has 0 atom stereocenters. The maximum atomic E-state index is 5.99. The molecule has 0 radical (unpaired) electrons. The first kappa shape index (κ1) is 17.8. The fourth-order valence-corrected chi connectivity index (χ4v) is 2.55. The van der Waals surface area contributed by atoms with Crippen molar-refractivity contribution >= 4 is 46.2 Å². The van der Waals surface area contributed by atoms with Crippen LogP contribution in [0.1, 0.15) is 12.1 Å². The molecule has 124 valence electrons. The van der Waals surface area contributed by atoms with Gasteiger partial charge in [-0.25, -0.2) is 0 Å². The monoisotopic (exact) mass is 372 g/mol. The van der Waals surface area contributed by atoms with E-state index in [0.717, 1.165) is 24.3 Å². The number of anilines is 1. The van der Waals surface area contributed by atoms with Gasteiger partial charge in [-0.15, -0.1) is 0 Å². The summed E-state index contributed by atoms with van der Waals surface area (Å²) in [5, 5.41) is 12.3. The molecule has 5 nitrogen and oxygen atoms in total. The summed E-state index contributed by atoms with van der Waals surface area (Å²) in [4.78, 5) is 0. The summed E-state index contributed by atoms with van der Waals surface area (Å²) in [6, 6.07) is 5.32. The van der Waals surface area contributed by atoms with E-state index in [1.807, 2.05) is 11.6 Å². The number of aromatic nitrogens is 2. The Morgan fingerprint density at radius 2 is 2.17 bits per heavy atom. The molecular weight excluding hydrogens is 355 g/mol. The van der Waals surface area contributed by atoms with Crippen LogP contribution < -0.4 is 15.4 Å². The van der Waals surface area contributed by atoms with Crippen LogP contribution in [-0.2, 0) is 6.54 Å². The number of rotatable bonds is 6. The van der Waals surface area contributed by atoms with Crippen molar-refractivity contribution in [2.24, 2.45) is 0 Å². The third-order valence-electron chi connectivity index (χ3n) is 3.29. The van der Waals surface area contributed by atoms with Gasteiger partial charge in [-0.1, -0.05) is 23.2 Å². The highest BCUT2D eigenvalue weighted by molar-refractivity contribution is 7.80. The van der Waals surface area contributed by atoms with Crippen molar-refractivity contribution in [1.82, 2.24) is 15.1 Å². The number of thiocarbonyl (C=S) groups is 1. The van der Waals surface area contributed by atoms with Crippen molar-refractivity contribution in [2.45, 2.75) is 19.9 Å². The van der Waals surface area contributed by atoms with Crippen molar-refractivity contribution in [3.05, 3.63) is 40.1 Å². The van der Waals surface area contributed by atoms with Crippen LogP contribution >= 0.6 is 35.4 Å². The Morgan fingerprint density at radius 3 is 2.83 bits per heavy atom. The lowest BCUT2D eigenvalue weighted by molar-refractivity contribution is 0.417. The van der Waals surface area contributed by atoms with Gasteiger partial charge in [0.25, 0.3) is 0 Å². The molecule has 0 spiro atoms. The van der Waals surface area contributed by atoms with E-state index in [-0.39, 0.29) is 0 Å². The molecule has 0 bridgehead atoms. The molecule has 2 N–H and O–H groups in total. The molecule has 0 fully saturated rings. The topological polar surface area (TPSA) is 51.1 Å². The maximum absolute atomic E-state index is 5.99. The summed E-state index contributed by atoms with van der Waals surface area (Å²) in [6.07, 6.45) is 2.52. The summed E-state index contributed by atoms with van der Waals surface area (Å²) < 4.78 is 7.14. The summed E-state index contributed by atoms with van der Waals surface area (Å²) >= 11 is 17.2. The molecule has 0 aliphatic carbocycles. The fraction of sp³-hybridized carbons (Fsp3) is 0.333. The number of benzene rings is 1. The normalized spacial score (nSPS) is 10.4. The molecule has 0 aliphatic heterocycles. The molecule has 23 heavy (non-hydrogen) atoms. The minimum atomic E-state index is 0.515. The average molecular weight is 373 g/mol. The standard InChI is InChI=1S/C15H18Cl2N4OS/c1-10-12(17)9-19-21(10)7-3-6-18-15(23)20-13-8-11(16)4-5-14(13)22-2/h4-5,8-9H,3,6-7H2,1-2H3,(H2,18,20,23). The number of hydrogen-bond donors (Lipinski definition) is 2. The lowest BCUT2D eigenvalue weighted by atomic mass is 10.3. The molecule has 0 amide bonds. The van der Waals surface area contributed by atoms with Crippen molar-refractivity contribution in [2.75, 3.05) is 19.0 Å². The SMILES string of the molecule is COc1ccc(Cl)cc1NC(=S)NCCCn1ncc(Cl)c1C. The summed E-state index contributed by atoms with van der Waals surface area (Å²) in [5.41, 5.74) is 1.70. The zero-order valence-corrected chi connectivity index (χ0v) is 15.2. The van der Waals surface area contributed by atoms with Crippen LogP contribution in [0.2, 0.25) is 10.0 Å². The number of methoxy groups -OCH3 is 1. The molecule has 2 aromatic rings. The van der Waals surface area contributed by atoms with Crippen LogP contribution in [0, 0.1) is 6.92 Å². The summed E-state index contributed by atoms with van der Waals surface area (Å²) in [5.74, 6) is 0.681. The van der Waals surface area contributed by atoms with Crippen molar-refractivity contribution in [3.8, 4) is 5.75 Å². The Hall–Kier alpha value is -1.50. The van der Waals surface area contributed by atoms with Gasteiger partial charge in [-0.3, -0.25) is 4.68 Å². The van der Waals surface area contributed by atoms with Crippen molar-refractivity contribution < 1.29 is 4.74 Å². The number of aryl methyl sites for hydroxylation is 1. The highest BCUT2D eigenvalue weighted by Crippen LogP contribution is 2.27. The van der Waals surface area contributed by atoms with Crippen LogP contribution in [0.3, 0.4) is 0 Å². The van der Waals surface area contributed by atoms with Gasteiger partial charge in [0.05, 0.1) is 29.7 Å². The van der Waals surface area contributed by atoms with Crippen LogP contribution in [0.5, 0.6) is 5.75 Å². The van der Waals surface area contributed by atoms with Gasteiger partial charge < -0.3 is 15.4 Å².